The lowest BCUT2D eigenvalue weighted by Crippen LogP contribution is -2.36. The molecule has 4 heteroatoms. The van der Waals surface area contributed by atoms with Gasteiger partial charge in [-0.15, -0.1) is 0 Å². The molecule has 1 fully saturated rings. The summed E-state index contributed by atoms with van der Waals surface area (Å²) in [6, 6.07) is 7.01. The van der Waals surface area contributed by atoms with Crippen LogP contribution in [0.3, 0.4) is 0 Å². The van der Waals surface area contributed by atoms with Crippen molar-refractivity contribution < 1.29 is 14.7 Å². The average molecular weight is 247 g/mol. The van der Waals surface area contributed by atoms with Crippen molar-refractivity contribution in [3.05, 3.63) is 29.8 Å². The number of nitrogens with zero attached hydrogens (tertiary/aromatic N) is 1. The maximum absolute atomic E-state index is 12.0. The van der Waals surface area contributed by atoms with Crippen LogP contribution in [-0.2, 0) is 9.59 Å². The summed E-state index contributed by atoms with van der Waals surface area (Å²) in [5.41, 5.74) is 1.13. The summed E-state index contributed by atoms with van der Waals surface area (Å²) >= 11 is 0. The van der Waals surface area contributed by atoms with Crippen molar-refractivity contribution in [2.45, 2.75) is 38.7 Å². The van der Waals surface area contributed by atoms with Crippen LogP contribution in [0.25, 0.3) is 0 Å². The fraction of sp³-hybridized carbons (Fsp3) is 0.429. The van der Waals surface area contributed by atoms with Gasteiger partial charge in [0.15, 0.2) is 0 Å². The molecule has 2 amide bonds. The van der Waals surface area contributed by atoms with Gasteiger partial charge in [0.25, 0.3) is 0 Å². The molecule has 1 aliphatic heterocycles. The number of carbonyl (C=O) groups is 2. The largest absolute Gasteiger partial charge is 0.389 e. The number of hydrogen-bond acceptors (Lipinski definition) is 3. The van der Waals surface area contributed by atoms with Crippen molar-refractivity contribution in [3.63, 3.8) is 0 Å². The molecule has 0 aromatic heterocycles. The van der Waals surface area contributed by atoms with Crippen LogP contribution in [0.4, 0.5) is 5.69 Å². The molecule has 1 atom stereocenters. The lowest BCUT2D eigenvalue weighted by molar-refractivity contribution is -0.125. The molecule has 1 saturated heterocycles. The lowest BCUT2D eigenvalue weighted by atomic mass is 10.1. The zero-order valence-corrected chi connectivity index (χ0v) is 10.4. The van der Waals surface area contributed by atoms with Gasteiger partial charge in [0, 0.05) is 18.4 Å². The molecule has 2 rings (SSSR count). The number of hydrogen-bond donors (Lipinski definition) is 1. The first-order valence-electron chi connectivity index (χ1n) is 6.24. The fourth-order valence-corrected chi connectivity index (χ4v) is 2.23. The molecule has 1 aromatic rings. The van der Waals surface area contributed by atoms with E-state index in [9.17, 15) is 14.7 Å². The van der Waals surface area contributed by atoms with Gasteiger partial charge in [-0.05, 0) is 25.8 Å². The average Bonchev–Trinajstić information content (AvgIpc) is 2.50. The highest BCUT2D eigenvalue weighted by atomic mass is 16.3. The van der Waals surface area contributed by atoms with Gasteiger partial charge < -0.3 is 5.11 Å². The molecule has 1 aromatic carbocycles. The molecule has 1 heterocycles. The van der Waals surface area contributed by atoms with Crippen molar-refractivity contribution in [1.82, 2.24) is 0 Å². The first-order valence-corrected chi connectivity index (χ1v) is 6.24. The second kappa shape index (κ2) is 5.31. The van der Waals surface area contributed by atoms with Gasteiger partial charge in [0.05, 0.1) is 11.8 Å². The van der Waals surface area contributed by atoms with Crippen LogP contribution < -0.4 is 4.90 Å². The molecule has 1 unspecified atom stereocenters. The molecule has 0 saturated carbocycles. The summed E-state index contributed by atoms with van der Waals surface area (Å²) < 4.78 is 0. The first kappa shape index (κ1) is 12.8. The van der Waals surface area contributed by atoms with Crippen LogP contribution >= 0.6 is 0 Å². The van der Waals surface area contributed by atoms with E-state index in [1.165, 1.54) is 4.90 Å². The van der Waals surface area contributed by atoms with Crippen LogP contribution in [0.2, 0.25) is 0 Å². The normalized spacial score (nSPS) is 18.7. The number of para-hydroxylation sites is 1. The van der Waals surface area contributed by atoms with Gasteiger partial charge in [-0.25, -0.2) is 0 Å². The van der Waals surface area contributed by atoms with Crippen LogP contribution in [0.15, 0.2) is 24.3 Å². The van der Waals surface area contributed by atoms with Crippen LogP contribution in [-0.4, -0.2) is 16.9 Å². The van der Waals surface area contributed by atoms with E-state index in [-0.39, 0.29) is 11.8 Å². The van der Waals surface area contributed by atoms with E-state index in [4.69, 9.17) is 0 Å². The van der Waals surface area contributed by atoms with Crippen LogP contribution in [0.5, 0.6) is 0 Å². The number of benzene rings is 1. The van der Waals surface area contributed by atoms with Gasteiger partial charge in [-0.3, -0.25) is 14.5 Å². The van der Waals surface area contributed by atoms with Gasteiger partial charge >= 0.3 is 0 Å². The minimum atomic E-state index is -0.704. The molecule has 1 N–H and O–H groups in total. The van der Waals surface area contributed by atoms with Crippen LogP contribution in [0, 0.1) is 0 Å². The second-order valence-electron chi connectivity index (χ2n) is 4.56. The highest BCUT2D eigenvalue weighted by Gasteiger charge is 2.27. The van der Waals surface area contributed by atoms with Crippen molar-refractivity contribution in [3.8, 4) is 0 Å². The summed E-state index contributed by atoms with van der Waals surface area (Å²) in [4.78, 5) is 25.3. The van der Waals surface area contributed by atoms with Gasteiger partial charge in [0.1, 0.15) is 0 Å². The lowest BCUT2D eigenvalue weighted by Gasteiger charge is -2.22. The van der Waals surface area contributed by atoms with E-state index < -0.39 is 6.10 Å². The Labute approximate surface area is 106 Å². The van der Waals surface area contributed by atoms with E-state index in [0.717, 1.165) is 12.8 Å². The van der Waals surface area contributed by atoms with Crippen molar-refractivity contribution in [2.24, 2.45) is 0 Å². The number of anilines is 1. The minimum absolute atomic E-state index is 0.175. The number of aliphatic hydroxyl groups excluding tert-OH is 1. The Morgan fingerprint density at radius 3 is 2.22 bits per heavy atom. The maximum atomic E-state index is 12.0. The summed E-state index contributed by atoms with van der Waals surface area (Å²) in [5.74, 6) is -0.351. The molecule has 1 aliphatic rings. The van der Waals surface area contributed by atoms with E-state index in [2.05, 4.69) is 0 Å². The summed E-state index contributed by atoms with van der Waals surface area (Å²) in [5, 5.41) is 9.73. The van der Waals surface area contributed by atoms with E-state index >= 15 is 0 Å². The van der Waals surface area contributed by atoms with Crippen molar-refractivity contribution >= 4 is 17.5 Å². The Morgan fingerprint density at radius 2 is 1.67 bits per heavy atom. The minimum Gasteiger partial charge on any atom is -0.389 e. The van der Waals surface area contributed by atoms with Gasteiger partial charge in [-0.1, -0.05) is 18.2 Å². The maximum Gasteiger partial charge on any atom is 0.233 e. The third-order valence-electron chi connectivity index (χ3n) is 3.16. The Hall–Kier alpha value is -1.68. The van der Waals surface area contributed by atoms with Crippen molar-refractivity contribution in [2.75, 3.05) is 4.90 Å². The highest BCUT2D eigenvalue weighted by molar-refractivity contribution is 6.15. The Morgan fingerprint density at radius 1 is 1.11 bits per heavy atom. The second-order valence-corrected chi connectivity index (χ2v) is 4.56. The number of aliphatic hydroxyl groups is 1. The molecule has 4 nitrogen and oxygen atoms in total. The Bertz CT molecular complexity index is 450. The number of carbonyl (C=O) groups excluding carboxylic acids is 2. The summed E-state index contributed by atoms with van der Waals surface area (Å²) in [6.07, 6.45) is 1.57. The van der Waals surface area contributed by atoms with E-state index in [1.807, 2.05) is 0 Å². The highest BCUT2D eigenvalue weighted by Crippen LogP contribution is 2.29. The SMILES string of the molecule is CC(O)c1ccccc1N1C(=O)CCCCC1=O. The monoisotopic (exact) mass is 247 g/mol. The zero-order chi connectivity index (χ0) is 13.1. The van der Waals surface area contributed by atoms with Gasteiger partial charge in [0.2, 0.25) is 11.8 Å². The quantitative estimate of drug-likeness (QED) is 0.815. The zero-order valence-electron chi connectivity index (χ0n) is 10.4. The van der Waals surface area contributed by atoms with Crippen LogP contribution in [0.1, 0.15) is 44.3 Å². The fourth-order valence-electron chi connectivity index (χ4n) is 2.23. The topological polar surface area (TPSA) is 57.6 Å². The first-order chi connectivity index (χ1) is 8.61. The molecular formula is C14H17NO3. The Balaban J connectivity index is 2.45. The Kier molecular flexibility index (Phi) is 3.77. The molecule has 18 heavy (non-hydrogen) atoms. The van der Waals surface area contributed by atoms with Crippen molar-refractivity contribution in [1.29, 1.82) is 0 Å². The standard InChI is InChI=1S/C14H17NO3/c1-10(16)11-6-2-3-7-12(11)15-13(17)8-4-5-9-14(15)18/h2-3,6-7,10,16H,4-5,8-9H2,1H3. The number of amides is 2. The molecule has 0 radical (unpaired) electrons. The molecule has 96 valence electrons. The third-order valence-corrected chi connectivity index (χ3v) is 3.16. The summed E-state index contributed by atoms with van der Waals surface area (Å²) in [6.45, 7) is 1.63. The molecule has 0 bridgehead atoms. The number of rotatable bonds is 2. The van der Waals surface area contributed by atoms with E-state index in [1.54, 1.807) is 31.2 Å². The number of imide groups is 1. The molecule has 0 aliphatic carbocycles. The third kappa shape index (κ3) is 2.43. The predicted octanol–water partition coefficient (Wildman–Crippen LogP) is 2.17. The summed E-state index contributed by atoms with van der Waals surface area (Å²) in [7, 11) is 0. The van der Waals surface area contributed by atoms with E-state index in [0.29, 0.717) is 24.1 Å². The molecular weight excluding hydrogens is 230 g/mol. The van der Waals surface area contributed by atoms with Gasteiger partial charge in [-0.2, -0.15) is 0 Å². The smallest absolute Gasteiger partial charge is 0.233 e. The predicted molar refractivity (Wildman–Crippen MR) is 68.0 cm³/mol. The molecule has 0 spiro atoms.